The molecule has 2 aliphatic rings. The number of carbonyl (C=O) groups is 4. The molecule has 0 spiro atoms. The molecular formula is C40H40N4O4. The van der Waals surface area contributed by atoms with E-state index in [0.717, 1.165) is 35.1 Å². The SMILES string of the molecule is O=C(Nc1ccc(/C=C/c2ccc(NC(=O)[C@@H]3CCCN3C(=O)Cc3ccccc3)cc2)cc1)[C@@H]1CCCN1C(=O)Cc1ccccc1. The van der Waals surface area contributed by atoms with E-state index in [1.54, 1.807) is 9.80 Å². The van der Waals surface area contributed by atoms with E-state index in [4.69, 9.17) is 0 Å². The summed E-state index contributed by atoms with van der Waals surface area (Å²) >= 11 is 0. The molecule has 0 unspecified atom stereocenters. The Balaban J connectivity index is 0.985. The molecule has 0 radical (unpaired) electrons. The van der Waals surface area contributed by atoms with E-state index in [2.05, 4.69) is 10.6 Å². The fraction of sp³-hybridized carbons (Fsp3) is 0.250. The average molecular weight is 641 g/mol. The Hall–Kier alpha value is -5.50. The molecule has 4 aromatic rings. The minimum Gasteiger partial charge on any atom is -0.330 e. The van der Waals surface area contributed by atoms with E-state index >= 15 is 0 Å². The van der Waals surface area contributed by atoms with E-state index < -0.39 is 12.1 Å². The zero-order valence-corrected chi connectivity index (χ0v) is 26.9. The molecule has 2 N–H and O–H groups in total. The van der Waals surface area contributed by atoms with Crippen molar-refractivity contribution in [1.82, 2.24) is 9.80 Å². The third-order valence-corrected chi connectivity index (χ3v) is 8.97. The highest BCUT2D eigenvalue weighted by atomic mass is 16.2. The van der Waals surface area contributed by atoms with Crippen LogP contribution in [0.3, 0.4) is 0 Å². The summed E-state index contributed by atoms with van der Waals surface area (Å²) in [5, 5.41) is 5.96. The van der Waals surface area contributed by atoms with Gasteiger partial charge in [-0.2, -0.15) is 0 Å². The largest absolute Gasteiger partial charge is 0.330 e. The summed E-state index contributed by atoms with van der Waals surface area (Å²) in [5.41, 5.74) is 5.18. The van der Waals surface area contributed by atoms with Crippen LogP contribution in [0.1, 0.15) is 47.9 Å². The lowest BCUT2D eigenvalue weighted by Crippen LogP contribution is -2.43. The van der Waals surface area contributed by atoms with Gasteiger partial charge in [-0.05, 0) is 72.2 Å². The number of hydrogen-bond acceptors (Lipinski definition) is 4. The summed E-state index contributed by atoms with van der Waals surface area (Å²) in [6, 6.07) is 33.4. The van der Waals surface area contributed by atoms with Crippen LogP contribution >= 0.6 is 0 Å². The molecule has 8 heteroatoms. The van der Waals surface area contributed by atoms with E-state index in [1.165, 1.54) is 0 Å². The summed E-state index contributed by atoms with van der Waals surface area (Å²) in [4.78, 5) is 55.5. The highest BCUT2D eigenvalue weighted by Crippen LogP contribution is 2.23. The summed E-state index contributed by atoms with van der Waals surface area (Å²) in [6.45, 7) is 1.19. The number of nitrogens with zero attached hydrogens (tertiary/aromatic N) is 2. The van der Waals surface area contributed by atoms with Crippen molar-refractivity contribution in [3.05, 3.63) is 131 Å². The zero-order valence-electron chi connectivity index (χ0n) is 26.9. The van der Waals surface area contributed by atoms with Gasteiger partial charge in [0.15, 0.2) is 0 Å². The first-order valence-electron chi connectivity index (χ1n) is 16.6. The van der Waals surface area contributed by atoms with Crippen molar-refractivity contribution in [3.8, 4) is 0 Å². The van der Waals surface area contributed by atoms with E-state index in [0.29, 0.717) is 50.1 Å². The number of benzene rings is 4. The number of amides is 4. The molecule has 4 aromatic carbocycles. The van der Waals surface area contributed by atoms with Crippen LogP contribution in [0.25, 0.3) is 12.2 Å². The molecule has 0 saturated carbocycles. The molecule has 0 aliphatic carbocycles. The fourth-order valence-electron chi connectivity index (χ4n) is 6.42. The topological polar surface area (TPSA) is 98.8 Å². The van der Waals surface area contributed by atoms with Gasteiger partial charge in [0.05, 0.1) is 12.8 Å². The van der Waals surface area contributed by atoms with Crippen molar-refractivity contribution >= 4 is 47.2 Å². The molecule has 0 aromatic heterocycles. The van der Waals surface area contributed by atoms with Crippen molar-refractivity contribution in [3.63, 3.8) is 0 Å². The number of hydrogen-bond donors (Lipinski definition) is 2. The van der Waals surface area contributed by atoms with Gasteiger partial charge in [-0.25, -0.2) is 0 Å². The minimum atomic E-state index is -0.465. The maximum Gasteiger partial charge on any atom is 0.247 e. The second-order valence-electron chi connectivity index (χ2n) is 12.4. The Labute approximate surface area is 281 Å². The Kier molecular flexibility index (Phi) is 10.4. The lowest BCUT2D eigenvalue weighted by atomic mass is 10.1. The van der Waals surface area contributed by atoms with Crippen molar-refractivity contribution in [2.75, 3.05) is 23.7 Å². The Bertz CT molecular complexity index is 1620. The predicted molar refractivity (Wildman–Crippen MR) is 189 cm³/mol. The van der Waals surface area contributed by atoms with Gasteiger partial charge in [-0.15, -0.1) is 0 Å². The van der Waals surface area contributed by atoms with Crippen LogP contribution in [0.4, 0.5) is 11.4 Å². The monoisotopic (exact) mass is 640 g/mol. The quantitative estimate of drug-likeness (QED) is 0.202. The number of likely N-dealkylation sites (tertiary alicyclic amines) is 2. The normalized spacial score (nSPS) is 17.4. The molecule has 4 amide bonds. The summed E-state index contributed by atoms with van der Waals surface area (Å²) < 4.78 is 0. The van der Waals surface area contributed by atoms with Crippen LogP contribution in [0.2, 0.25) is 0 Å². The third kappa shape index (κ3) is 8.25. The Morgan fingerprint density at radius 2 is 0.917 bits per heavy atom. The van der Waals surface area contributed by atoms with Crippen LogP contribution in [0, 0.1) is 0 Å². The smallest absolute Gasteiger partial charge is 0.247 e. The Morgan fingerprint density at radius 3 is 1.29 bits per heavy atom. The van der Waals surface area contributed by atoms with Crippen LogP contribution in [-0.4, -0.2) is 58.6 Å². The molecule has 2 atom stereocenters. The highest BCUT2D eigenvalue weighted by Gasteiger charge is 2.35. The van der Waals surface area contributed by atoms with E-state index in [1.807, 2.05) is 121 Å². The van der Waals surface area contributed by atoms with Crippen LogP contribution in [0.5, 0.6) is 0 Å². The lowest BCUT2D eigenvalue weighted by molar-refractivity contribution is -0.136. The number of anilines is 2. The second-order valence-corrected chi connectivity index (χ2v) is 12.4. The van der Waals surface area contributed by atoms with Crippen molar-refractivity contribution in [1.29, 1.82) is 0 Å². The molecular weight excluding hydrogens is 600 g/mol. The third-order valence-electron chi connectivity index (χ3n) is 8.97. The number of nitrogens with one attached hydrogen (secondary N) is 2. The van der Waals surface area contributed by atoms with Gasteiger partial charge in [0.1, 0.15) is 12.1 Å². The van der Waals surface area contributed by atoms with Crippen molar-refractivity contribution in [2.24, 2.45) is 0 Å². The maximum atomic E-state index is 13.1. The predicted octanol–water partition coefficient (Wildman–Crippen LogP) is 6.20. The number of carbonyl (C=O) groups excluding carboxylic acids is 4. The molecule has 48 heavy (non-hydrogen) atoms. The van der Waals surface area contributed by atoms with Crippen LogP contribution in [-0.2, 0) is 32.0 Å². The van der Waals surface area contributed by atoms with E-state index in [-0.39, 0.29) is 23.6 Å². The zero-order chi connectivity index (χ0) is 33.3. The van der Waals surface area contributed by atoms with Gasteiger partial charge in [-0.1, -0.05) is 97.1 Å². The molecule has 8 nitrogen and oxygen atoms in total. The first-order chi connectivity index (χ1) is 23.4. The lowest BCUT2D eigenvalue weighted by Gasteiger charge is -2.24. The molecule has 6 rings (SSSR count). The second kappa shape index (κ2) is 15.4. The van der Waals surface area contributed by atoms with Crippen molar-refractivity contribution < 1.29 is 19.2 Å². The van der Waals surface area contributed by atoms with Gasteiger partial charge < -0.3 is 20.4 Å². The maximum absolute atomic E-state index is 13.1. The molecule has 2 heterocycles. The standard InChI is InChI=1S/C40H40N4O4/c45-37(27-31-9-3-1-4-10-31)43-25-7-13-35(43)39(47)41-33-21-17-29(18-22-33)15-16-30-19-23-34(24-20-30)42-40(48)36-14-8-26-44(36)38(46)28-32-11-5-2-6-12-32/h1-6,9-12,15-24,35-36H,7-8,13-14,25-28H2,(H,41,47)(H,42,48)/b16-15+/t35-,36-/m0/s1. The van der Waals surface area contributed by atoms with Gasteiger partial charge in [0, 0.05) is 24.5 Å². The van der Waals surface area contributed by atoms with Crippen LogP contribution in [0.15, 0.2) is 109 Å². The Morgan fingerprint density at radius 1 is 0.542 bits per heavy atom. The minimum absolute atomic E-state index is 0.0266. The average Bonchev–Trinajstić information content (AvgIpc) is 3.81. The number of rotatable bonds is 10. The summed E-state index contributed by atoms with van der Waals surface area (Å²) in [5.74, 6) is -0.380. The molecule has 244 valence electrons. The van der Waals surface area contributed by atoms with Gasteiger partial charge in [0.2, 0.25) is 23.6 Å². The van der Waals surface area contributed by atoms with Gasteiger partial charge in [-0.3, -0.25) is 19.2 Å². The summed E-state index contributed by atoms with van der Waals surface area (Å²) in [6.07, 6.45) is 7.48. The molecule has 2 fully saturated rings. The fourth-order valence-corrected chi connectivity index (χ4v) is 6.42. The first kappa shape index (κ1) is 32.4. The molecule has 2 saturated heterocycles. The molecule has 2 aliphatic heterocycles. The highest BCUT2D eigenvalue weighted by molar-refractivity contribution is 5.98. The molecule has 0 bridgehead atoms. The van der Waals surface area contributed by atoms with Crippen molar-refractivity contribution in [2.45, 2.75) is 50.6 Å². The van der Waals surface area contributed by atoms with E-state index in [9.17, 15) is 19.2 Å². The van der Waals surface area contributed by atoms with Gasteiger partial charge in [0.25, 0.3) is 0 Å². The first-order valence-corrected chi connectivity index (χ1v) is 16.6. The van der Waals surface area contributed by atoms with Gasteiger partial charge >= 0.3 is 0 Å². The van der Waals surface area contributed by atoms with Crippen LogP contribution < -0.4 is 10.6 Å². The summed E-state index contributed by atoms with van der Waals surface area (Å²) in [7, 11) is 0.